The molecule has 2 atom stereocenters. The number of rotatable bonds is 7. The van der Waals surface area contributed by atoms with Gasteiger partial charge in [-0.2, -0.15) is 0 Å². The zero-order valence-corrected chi connectivity index (χ0v) is 11.5. The second-order valence-corrected chi connectivity index (χ2v) is 5.78. The molecular weight excluding hydrogens is 258 g/mol. The van der Waals surface area contributed by atoms with E-state index in [1.165, 1.54) is 0 Å². The second-order valence-electron chi connectivity index (χ2n) is 3.80. The quantitative estimate of drug-likeness (QED) is 0.828. The third kappa shape index (κ3) is 5.64. The van der Waals surface area contributed by atoms with E-state index in [4.69, 9.17) is 22.1 Å². The van der Waals surface area contributed by atoms with E-state index in [1.54, 1.807) is 6.07 Å². The fourth-order valence-corrected chi connectivity index (χ4v) is 2.58. The van der Waals surface area contributed by atoms with Gasteiger partial charge in [0.25, 0.3) is 0 Å². The molecule has 1 aromatic carbocycles. The molecule has 0 aliphatic carbocycles. The molecule has 2 N–H and O–H groups in total. The van der Waals surface area contributed by atoms with Crippen molar-refractivity contribution >= 4 is 22.4 Å². The van der Waals surface area contributed by atoms with Gasteiger partial charge in [-0.3, -0.25) is 4.21 Å². The Hall–Kier alpha value is -0.420. The van der Waals surface area contributed by atoms with Gasteiger partial charge in [0.2, 0.25) is 0 Å². The van der Waals surface area contributed by atoms with Crippen LogP contribution in [-0.2, 0) is 21.3 Å². The minimum atomic E-state index is -0.950. The SMILES string of the molecule is CC(CN)OCCS(=O)Cc1ccccc1Cl. The van der Waals surface area contributed by atoms with Gasteiger partial charge in [-0.15, -0.1) is 0 Å². The van der Waals surface area contributed by atoms with Crippen LogP contribution in [0, 0.1) is 0 Å². The zero-order chi connectivity index (χ0) is 12.7. The molecule has 0 spiro atoms. The van der Waals surface area contributed by atoms with Crippen LogP contribution in [-0.4, -0.2) is 29.2 Å². The van der Waals surface area contributed by atoms with E-state index in [0.717, 1.165) is 5.56 Å². The first kappa shape index (κ1) is 14.6. The first-order chi connectivity index (χ1) is 8.13. The van der Waals surface area contributed by atoms with Crippen molar-refractivity contribution in [1.29, 1.82) is 0 Å². The topological polar surface area (TPSA) is 52.3 Å². The third-order valence-corrected chi connectivity index (χ3v) is 3.94. The van der Waals surface area contributed by atoms with Crippen molar-refractivity contribution in [2.75, 3.05) is 18.9 Å². The average Bonchev–Trinajstić information content (AvgIpc) is 2.32. The summed E-state index contributed by atoms with van der Waals surface area (Å²) in [6.07, 6.45) is 0.0207. The lowest BCUT2D eigenvalue weighted by atomic mass is 10.2. The second kappa shape index (κ2) is 7.82. The number of nitrogens with two attached hydrogens (primary N) is 1. The van der Waals surface area contributed by atoms with Gasteiger partial charge in [0.05, 0.1) is 18.5 Å². The van der Waals surface area contributed by atoms with Crippen LogP contribution < -0.4 is 5.73 Å². The first-order valence-corrected chi connectivity index (χ1v) is 7.40. The molecule has 5 heteroatoms. The number of hydrogen-bond donors (Lipinski definition) is 1. The standard InChI is InChI=1S/C12H18ClNO2S/c1-10(8-14)16-6-7-17(15)9-11-4-2-3-5-12(11)13/h2-5,10H,6-9,14H2,1H3. The van der Waals surface area contributed by atoms with Gasteiger partial charge in [0.15, 0.2) is 0 Å². The molecule has 17 heavy (non-hydrogen) atoms. The Morgan fingerprint density at radius 3 is 2.82 bits per heavy atom. The Morgan fingerprint density at radius 2 is 2.18 bits per heavy atom. The van der Waals surface area contributed by atoms with Crippen molar-refractivity contribution in [3.05, 3.63) is 34.9 Å². The molecule has 0 radical (unpaired) electrons. The minimum absolute atomic E-state index is 0.0207. The Bertz CT molecular complexity index is 373. The first-order valence-electron chi connectivity index (χ1n) is 5.53. The number of hydrogen-bond acceptors (Lipinski definition) is 3. The normalized spacial score (nSPS) is 14.5. The van der Waals surface area contributed by atoms with E-state index < -0.39 is 10.8 Å². The molecule has 0 heterocycles. The molecule has 96 valence electrons. The summed E-state index contributed by atoms with van der Waals surface area (Å²) < 4.78 is 17.2. The molecule has 2 unspecified atom stereocenters. The molecule has 3 nitrogen and oxygen atoms in total. The fraction of sp³-hybridized carbons (Fsp3) is 0.500. The summed E-state index contributed by atoms with van der Waals surface area (Å²) in [6, 6.07) is 7.46. The van der Waals surface area contributed by atoms with Crippen LogP contribution in [0.25, 0.3) is 0 Å². The lowest BCUT2D eigenvalue weighted by molar-refractivity contribution is 0.0842. The molecule has 0 saturated heterocycles. The van der Waals surface area contributed by atoms with Gasteiger partial charge in [-0.05, 0) is 18.6 Å². The largest absolute Gasteiger partial charge is 0.376 e. The Balaban J connectivity index is 2.33. The summed E-state index contributed by atoms with van der Waals surface area (Å²) in [5.74, 6) is 0.982. The smallest absolute Gasteiger partial charge is 0.0669 e. The maximum atomic E-state index is 11.8. The van der Waals surface area contributed by atoms with E-state index in [2.05, 4.69) is 0 Å². The Labute approximate surface area is 110 Å². The maximum absolute atomic E-state index is 11.8. The van der Waals surface area contributed by atoms with Crippen LogP contribution in [0.15, 0.2) is 24.3 Å². The van der Waals surface area contributed by atoms with Crippen molar-refractivity contribution in [2.24, 2.45) is 5.73 Å². The van der Waals surface area contributed by atoms with Crippen molar-refractivity contribution in [3.8, 4) is 0 Å². The van der Waals surface area contributed by atoms with Crippen molar-refractivity contribution < 1.29 is 8.95 Å². The molecular formula is C12H18ClNO2S. The number of halogens is 1. The lowest BCUT2D eigenvalue weighted by Gasteiger charge is -2.10. The fourth-order valence-electron chi connectivity index (χ4n) is 1.27. The predicted molar refractivity (Wildman–Crippen MR) is 72.6 cm³/mol. The monoisotopic (exact) mass is 275 g/mol. The highest BCUT2D eigenvalue weighted by Gasteiger charge is 2.06. The molecule has 0 bridgehead atoms. The van der Waals surface area contributed by atoms with Gasteiger partial charge in [-0.1, -0.05) is 29.8 Å². The molecule has 1 aromatic rings. The van der Waals surface area contributed by atoms with Crippen LogP contribution in [0.4, 0.5) is 0 Å². The van der Waals surface area contributed by atoms with Crippen LogP contribution in [0.2, 0.25) is 5.02 Å². The lowest BCUT2D eigenvalue weighted by Crippen LogP contribution is -2.22. The summed E-state index contributed by atoms with van der Waals surface area (Å²) in [5.41, 5.74) is 6.33. The third-order valence-electron chi connectivity index (χ3n) is 2.32. The van der Waals surface area contributed by atoms with Gasteiger partial charge in [0.1, 0.15) is 0 Å². The highest BCUT2D eigenvalue weighted by Crippen LogP contribution is 2.16. The van der Waals surface area contributed by atoms with E-state index in [9.17, 15) is 4.21 Å². The summed E-state index contributed by atoms with van der Waals surface area (Å²) >= 11 is 5.99. The van der Waals surface area contributed by atoms with Crippen LogP contribution >= 0.6 is 11.6 Å². The molecule has 0 fully saturated rings. The van der Waals surface area contributed by atoms with Crippen molar-refractivity contribution in [1.82, 2.24) is 0 Å². The molecule has 0 aliphatic heterocycles. The Kier molecular flexibility index (Phi) is 6.73. The van der Waals surface area contributed by atoms with E-state index >= 15 is 0 Å². The highest BCUT2D eigenvalue weighted by atomic mass is 35.5. The molecule has 0 saturated carbocycles. The average molecular weight is 276 g/mol. The highest BCUT2D eigenvalue weighted by molar-refractivity contribution is 7.84. The van der Waals surface area contributed by atoms with Crippen LogP contribution in [0.5, 0.6) is 0 Å². The summed E-state index contributed by atoms with van der Waals surface area (Å²) in [4.78, 5) is 0. The van der Waals surface area contributed by atoms with E-state index in [-0.39, 0.29) is 6.10 Å². The van der Waals surface area contributed by atoms with Crippen LogP contribution in [0.3, 0.4) is 0 Å². The van der Waals surface area contributed by atoms with Crippen LogP contribution in [0.1, 0.15) is 12.5 Å². The summed E-state index contributed by atoms with van der Waals surface area (Å²) in [5, 5.41) is 0.664. The number of ether oxygens (including phenoxy) is 1. The summed E-state index contributed by atoms with van der Waals surface area (Å²) in [7, 11) is -0.950. The van der Waals surface area contributed by atoms with E-state index in [1.807, 2.05) is 25.1 Å². The predicted octanol–water partition coefficient (Wildman–Crippen LogP) is 1.95. The molecule has 1 rings (SSSR count). The van der Waals surface area contributed by atoms with Gasteiger partial charge < -0.3 is 10.5 Å². The van der Waals surface area contributed by atoms with Crippen molar-refractivity contribution in [3.63, 3.8) is 0 Å². The number of benzene rings is 1. The molecule has 0 aromatic heterocycles. The van der Waals surface area contributed by atoms with Gasteiger partial charge in [0, 0.05) is 28.1 Å². The van der Waals surface area contributed by atoms with Crippen molar-refractivity contribution in [2.45, 2.75) is 18.8 Å². The maximum Gasteiger partial charge on any atom is 0.0669 e. The van der Waals surface area contributed by atoms with Gasteiger partial charge in [-0.25, -0.2) is 0 Å². The molecule has 0 aliphatic rings. The van der Waals surface area contributed by atoms with E-state index in [0.29, 0.717) is 29.7 Å². The summed E-state index contributed by atoms with van der Waals surface area (Å²) in [6.45, 7) is 2.85. The zero-order valence-electron chi connectivity index (χ0n) is 9.90. The molecule has 0 amide bonds. The van der Waals surface area contributed by atoms with Gasteiger partial charge >= 0.3 is 0 Å². The Morgan fingerprint density at radius 1 is 1.47 bits per heavy atom. The minimum Gasteiger partial charge on any atom is -0.376 e.